The molecule has 1 aromatic rings. The molecule has 2 rings (SSSR count). The van der Waals surface area contributed by atoms with Crippen LogP contribution in [0.5, 0.6) is 0 Å². The number of rotatable bonds is 1. The Morgan fingerprint density at radius 2 is 2.12 bits per heavy atom. The van der Waals surface area contributed by atoms with Gasteiger partial charge in [-0.3, -0.25) is 0 Å². The van der Waals surface area contributed by atoms with Crippen molar-refractivity contribution >= 4 is 17.4 Å². The first-order valence-corrected chi connectivity index (χ1v) is 6.33. The van der Waals surface area contributed by atoms with E-state index in [2.05, 4.69) is 21.8 Å². The molecule has 0 N–H and O–H groups in total. The quantitative estimate of drug-likeness (QED) is 0.722. The van der Waals surface area contributed by atoms with Gasteiger partial charge in [-0.1, -0.05) is 11.6 Å². The van der Waals surface area contributed by atoms with Gasteiger partial charge in [-0.05, 0) is 27.2 Å². The van der Waals surface area contributed by atoms with Crippen LogP contribution in [0.2, 0.25) is 5.15 Å². The first-order valence-electron chi connectivity index (χ1n) is 5.95. The standard InChI is InChI=1S/C12H18ClN3O/c1-8-7-16(5-4-6-17-8)12-9(2)11(13)14-10(3)15-12/h8H,4-7H2,1-3H3. The van der Waals surface area contributed by atoms with Gasteiger partial charge < -0.3 is 9.64 Å². The summed E-state index contributed by atoms with van der Waals surface area (Å²) >= 11 is 6.11. The molecule has 2 heterocycles. The molecule has 1 aliphatic rings. The number of hydrogen-bond acceptors (Lipinski definition) is 4. The first-order chi connectivity index (χ1) is 8.08. The predicted molar refractivity (Wildman–Crippen MR) is 68.8 cm³/mol. The van der Waals surface area contributed by atoms with Crippen molar-refractivity contribution in [2.45, 2.75) is 33.3 Å². The second-order valence-corrected chi connectivity index (χ2v) is 4.85. The van der Waals surface area contributed by atoms with E-state index in [-0.39, 0.29) is 6.10 Å². The summed E-state index contributed by atoms with van der Waals surface area (Å²) in [5.41, 5.74) is 0.950. The summed E-state index contributed by atoms with van der Waals surface area (Å²) in [6.45, 7) is 8.55. The Morgan fingerprint density at radius 3 is 2.88 bits per heavy atom. The minimum atomic E-state index is 0.228. The van der Waals surface area contributed by atoms with Crippen LogP contribution in [-0.2, 0) is 4.74 Å². The van der Waals surface area contributed by atoms with Gasteiger partial charge in [-0.2, -0.15) is 0 Å². The maximum atomic E-state index is 6.11. The van der Waals surface area contributed by atoms with Gasteiger partial charge in [0.25, 0.3) is 0 Å². The molecule has 0 amide bonds. The molecule has 17 heavy (non-hydrogen) atoms. The molecule has 0 bridgehead atoms. The van der Waals surface area contributed by atoms with Crippen molar-refractivity contribution in [3.8, 4) is 0 Å². The number of hydrogen-bond donors (Lipinski definition) is 0. The largest absolute Gasteiger partial charge is 0.377 e. The average Bonchev–Trinajstić information content (AvgIpc) is 2.48. The minimum absolute atomic E-state index is 0.228. The van der Waals surface area contributed by atoms with Gasteiger partial charge in [-0.25, -0.2) is 9.97 Å². The van der Waals surface area contributed by atoms with E-state index in [4.69, 9.17) is 16.3 Å². The topological polar surface area (TPSA) is 38.2 Å². The first kappa shape index (κ1) is 12.6. The Balaban J connectivity index is 2.31. The van der Waals surface area contributed by atoms with Gasteiger partial charge in [0.2, 0.25) is 0 Å². The summed E-state index contributed by atoms with van der Waals surface area (Å²) in [7, 11) is 0. The van der Waals surface area contributed by atoms with Crippen LogP contribution in [0.25, 0.3) is 0 Å². The highest BCUT2D eigenvalue weighted by Gasteiger charge is 2.19. The molecule has 1 fully saturated rings. The Bertz CT molecular complexity index is 411. The lowest BCUT2D eigenvalue weighted by Gasteiger charge is -2.25. The number of ether oxygens (including phenoxy) is 1. The minimum Gasteiger partial charge on any atom is -0.377 e. The molecule has 0 radical (unpaired) electrons. The van der Waals surface area contributed by atoms with E-state index >= 15 is 0 Å². The van der Waals surface area contributed by atoms with Crippen LogP contribution in [-0.4, -0.2) is 35.8 Å². The molecule has 5 heteroatoms. The van der Waals surface area contributed by atoms with Crippen molar-refractivity contribution in [2.24, 2.45) is 0 Å². The number of halogens is 1. The van der Waals surface area contributed by atoms with Crippen molar-refractivity contribution in [1.82, 2.24) is 9.97 Å². The second kappa shape index (κ2) is 5.19. The smallest absolute Gasteiger partial charge is 0.137 e. The van der Waals surface area contributed by atoms with Crippen LogP contribution in [0, 0.1) is 13.8 Å². The predicted octanol–water partition coefficient (Wildman–Crippen LogP) is 2.36. The SMILES string of the molecule is Cc1nc(Cl)c(C)c(N2CCCOC(C)C2)n1. The molecule has 0 aliphatic carbocycles. The summed E-state index contributed by atoms with van der Waals surface area (Å²) in [5, 5.41) is 0.547. The number of nitrogens with zero attached hydrogens (tertiary/aromatic N) is 3. The fourth-order valence-electron chi connectivity index (χ4n) is 2.07. The van der Waals surface area contributed by atoms with Crippen molar-refractivity contribution in [2.75, 3.05) is 24.6 Å². The summed E-state index contributed by atoms with van der Waals surface area (Å²) < 4.78 is 5.64. The zero-order valence-electron chi connectivity index (χ0n) is 10.5. The van der Waals surface area contributed by atoms with E-state index in [9.17, 15) is 0 Å². The second-order valence-electron chi connectivity index (χ2n) is 4.49. The van der Waals surface area contributed by atoms with Gasteiger partial charge in [0.1, 0.15) is 16.8 Å². The third kappa shape index (κ3) is 2.87. The molecular weight excluding hydrogens is 238 g/mol. The third-order valence-electron chi connectivity index (χ3n) is 2.92. The van der Waals surface area contributed by atoms with Crippen molar-refractivity contribution in [1.29, 1.82) is 0 Å². The van der Waals surface area contributed by atoms with Gasteiger partial charge in [0.05, 0.1) is 6.10 Å². The average molecular weight is 256 g/mol. The van der Waals surface area contributed by atoms with E-state index in [1.54, 1.807) is 0 Å². The van der Waals surface area contributed by atoms with Crippen LogP contribution >= 0.6 is 11.6 Å². The molecular formula is C12H18ClN3O. The zero-order valence-corrected chi connectivity index (χ0v) is 11.3. The van der Waals surface area contributed by atoms with Gasteiger partial charge in [0.15, 0.2) is 0 Å². The maximum absolute atomic E-state index is 6.11. The van der Waals surface area contributed by atoms with E-state index in [0.29, 0.717) is 11.0 Å². The molecule has 1 unspecified atom stereocenters. The summed E-state index contributed by atoms with van der Waals surface area (Å²) in [6.07, 6.45) is 1.25. The van der Waals surface area contributed by atoms with E-state index in [0.717, 1.165) is 37.5 Å². The fraction of sp³-hybridized carbons (Fsp3) is 0.667. The number of aromatic nitrogens is 2. The summed E-state index contributed by atoms with van der Waals surface area (Å²) in [6, 6.07) is 0. The van der Waals surface area contributed by atoms with E-state index in [1.807, 2.05) is 13.8 Å². The lowest BCUT2D eigenvalue weighted by Crippen LogP contribution is -2.31. The van der Waals surface area contributed by atoms with Crippen LogP contribution in [0.1, 0.15) is 24.7 Å². The lowest BCUT2D eigenvalue weighted by molar-refractivity contribution is 0.0820. The maximum Gasteiger partial charge on any atom is 0.137 e. The summed E-state index contributed by atoms with van der Waals surface area (Å²) in [4.78, 5) is 10.9. The van der Waals surface area contributed by atoms with Gasteiger partial charge in [-0.15, -0.1) is 0 Å². The molecule has 1 atom stereocenters. The Hall–Kier alpha value is -0.870. The van der Waals surface area contributed by atoms with Crippen LogP contribution in [0.3, 0.4) is 0 Å². The van der Waals surface area contributed by atoms with Gasteiger partial charge in [0, 0.05) is 25.3 Å². The van der Waals surface area contributed by atoms with Gasteiger partial charge >= 0.3 is 0 Å². The highest BCUT2D eigenvalue weighted by atomic mass is 35.5. The molecule has 0 spiro atoms. The molecule has 1 aliphatic heterocycles. The third-order valence-corrected chi connectivity index (χ3v) is 3.29. The molecule has 1 aromatic heterocycles. The zero-order chi connectivity index (χ0) is 12.4. The van der Waals surface area contributed by atoms with Crippen molar-refractivity contribution in [3.05, 3.63) is 16.5 Å². The summed E-state index contributed by atoms with van der Waals surface area (Å²) in [5.74, 6) is 1.66. The Kier molecular flexibility index (Phi) is 3.84. The van der Waals surface area contributed by atoms with Crippen molar-refractivity contribution < 1.29 is 4.74 Å². The Labute approximate surface area is 107 Å². The fourth-order valence-corrected chi connectivity index (χ4v) is 2.28. The van der Waals surface area contributed by atoms with Crippen LogP contribution < -0.4 is 4.90 Å². The number of aryl methyl sites for hydroxylation is 1. The Morgan fingerprint density at radius 1 is 1.35 bits per heavy atom. The van der Waals surface area contributed by atoms with Crippen LogP contribution in [0.4, 0.5) is 5.82 Å². The highest BCUT2D eigenvalue weighted by Crippen LogP contribution is 2.24. The molecule has 4 nitrogen and oxygen atoms in total. The van der Waals surface area contributed by atoms with E-state index in [1.165, 1.54) is 0 Å². The molecule has 1 saturated heterocycles. The molecule has 94 valence electrons. The number of anilines is 1. The molecule has 0 saturated carbocycles. The highest BCUT2D eigenvalue weighted by molar-refractivity contribution is 6.30. The molecule has 0 aromatic carbocycles. The monoisotopic (exact) mass is 255 g/mol. The van der Waals surface area contributed by atoms with E-state index < -0.39 is 0 Å². The van der Waals surface area contributed by atoms with Crippen molar-refractivity contribution in [3.63, 3.8) is 0 Å². The lowest BCUT2D eigenvalue weighted by atomic mass is 10.2. The normalized spacial score (nSPS) is 21.4. The van der Waals surface area contributed by atoms with Crippen LogP contribution in [0.15, 0.2) is 0 Å².